The Hall–Kier alpha value is -3.41. The molecule has 1 aliphatic carbocycles. The normalized spacial score (nSPS) is 20.4. The Kier molecular flexibility index (Phi) is 9.17. The van der Waals surface area contributed by atoms with Gasteiger partial charge in [0.05, 0.1) is 5.92 Å². The number of benzene rings is 1. The summed E-state index contributed by atoms with van der Waals surface area (Å²) in [6, 6.07) is 6.34. The van der Waals surface area contributed by atoms with Crippen molar-refractivity contribution in [2.24, 2.45) is 5.92 Å². The van der Waals surface area contributed by atoms with Crippen LogP contribution in [0.15, 0.2) is 30.5 Å². The highest BCUT2D eigenvalue weighted by Crippen LogP contribution is 2.37. The van der Waals surface area contributed by atoms with Gasteiger partial charge in [0.25, 0.3) is 5.91 Å². The maximum absolute atomic E-state index is 13.8. The molecule has 3 N–H and O–H groups in total. The number of carbonyl (C=O) groups excluding carboxylic acids is 2. The predicted octanol–water partition coefficient (Wildman–Crippen LogP) is 4.51. The molecule has 2 atom stereocenters. The van der Waals surface area contributed by atoms with Gasteiger partial charge in [-0.1, -0.05) is 6.42 Å². The van der Waals surface area contributed by atoms with Crippen LogP contribution in [0.3, 0.4) is 0 Å². The molecule has 2 aliphatic rings. The van der Waals surface area contributed by atoms with E-state index < -0.39 is 23.7 Å². The average molecular weight is 562 g/mol. The first kappa shape index (κ1) is 29.6. The molecular formula is C28H38F3N7O2. The van der Waals surface area contributed by atoms with E-state index in [1.54, 1.807) is 29.2 Å². The van der Waals surface area contributed by atoms with Gasteiger partial charge in [-0.2, -0.15) is 18.2 Å². The van der Waals surface area contributed by atoms with E-state index in [1.165, 1.54) is 0 Å². The molecule has 2 heterocycles. The van der Waals surface area contributed by atoms with Crippen molar-refractivity contribution in [1.29, 1.82) is 0 Å². The molecule has 40 heavy (non-hydrogen) atoms. The fraction of sp³-hybridized carbons (Fsp3) is 0.571. The molecule has 1 saturated carbocycles. The third kappa shape index (κ3) is 7.21. The van der Waals surface area contributed by atoms with E-state index in [0.717, 1.165) is 38.5 Å². The van der Waals surface area contributed by atoms with Crippen molar-refractivity contribution in [3.05, 3.63) is 41.6 Å². The standard InChI is InChI=1S/C28H38F3N7O2/c1-17(2)33-25(39)21-6-5-7-23(21)35-24-22(28(29,30)31)16-32-27(36-24)34-19-10-8-18(9-11-19)26(40)38(4)20-12-14-37(3)15-13-20/h8-11,16-17,20-21,23H,5-7,12-15H2,1-4H3,(H,33,39)(H2,32,34,35,36)/t21-,23+/m0/s1. The molecule has 1 aromatic heterocycles. The summed E-state index contributed by atoms with van der Waals surface area (Å²) >= 11 is 0. The number of anilines is 3. The predicted molar refractivity (Wildman–Crippen MR) is 147 cm³/mol. The molecule has 0 radical (unpaired) electrons. The number of hydrogen-bond donors (Lipinski definition) is 3. The molecule has 0 unspecified atom stereocenters. The van der Waals surface area contributed by atoms with Gasteiger partial charge in [-0.25, -0.2) is 4.98 Å². The minimum atomic E-state index is -4.67. The van der Waals surface area contributed by atoms with Crippen LogP contribution < -0.4 is 16.0 Å². The van der Waals surface area contributed by atoms with Crippen molar-refractivity contribution in [3.8, 4) is 0 Å². The van der Waals surface area contributed by atoms with Gasteiger partial charge in [0.2, 0.25) is 11.9 Å². The SMILES string of the molecule is CC(C)NC(=O)[C@H]1CCC[C@H]1Nc1nc(Nc2ccc(C(=O)N(C)C3CCN(C)CC3)cc2)ncc1C(F)(F)F. The first-order valence-corrected chi connectivity index (χ1v) is 13.8. The maximum atomic E-state index is 13.8. The van der Waals surface area contributed by atoms with Gasteiger partial charge < -0.3 is 25.8 Å². The molecule has 2 fully saturated rings. The second-order valence-electron chi connectivity index (χ2n) is 11.1. The van der Waals surface area contributed by atoms with Crippen LogP contribution >= 0.6 is 0 Å². The van der Waals surface area contributed by atoms with Crippen molar-refractivity contribution in [1.82, 2.24) is 25.1 Å². The maximum Gasteiger partial charge on any atom is 0.421 e. The number of amides is 2. The molecule has 1 saturated heterocycles. The monoisotopic (exact) mass is 561 g/mol. The molecular weight excluding hydrogens is 523 g/mol. The lowest BCUT2D eigenvalue weighted by Gasteiger charge is -2.35. The Bertz CT molecular complexity index is 1180. The number of halogens is 3. The van der Waals surface area contributed by atoms with Crippen LogP contribution in [0.4, 0.5) is 30.6 Å². The second kappa shape index (κ2) is 12.4. The Balaban J connectivity index is 1.47. The number of nitrogens with one attached hydrogen (secondary N) is 3. The summed E-state index contributed by atoms with van der Waals surface area (Å²) < 4.78 is 41.4. The van der Waals surface area contributed by atoms with Gasteiger partial charge >= 0.3 is 6.18 Å². The molecule has 2 aromatic rings. The van der Waals surface area contributed by atoms with Crippen molar-refractivity contribution >= 4 is 29.3 Å². The molecule has 0 bridgehead atoms. The minimum absolute atomic E-state index is 0.0285. The van der Waals surface area contributed by atoms with Crippen LogP contribution in [0.1, 0.15) is 61.9 Å². The fourth-order valence-electron chi connectivity index (χ4n) is 5.35. The largest absolute Gasteiger partial charge is 0.421 e. The Morgan fingerprint density at radius 3 is 2.38 bits per heavy atom. The lowest BCUT2D eigenvalue weighted by molar-refractivity contribution is -0.137. The zero-order valence-electron chi connectivity index (χ0n) is 23.4. The lowest BCUT2D eigenvalue weighted by atomic mass is 10.0. The Labute approximate surface area is 232 Å². The number of nitrogens with zero attached hydrogens (tertiary/aromatic N) is 4. The van der Waals surface area contributed by atoms with Crippen molar-refractivity contribution in [2.75, 3.05) is 37.8 Å². The fourth-order valence-corrected chi connectivity index (χ4v) is 5.35. The van der Waals surface area contributed by atoms with E-state index in [4.69, 9.17) is 0 Å². The summed E-state index contributed by atoms with van der Waals surface area (Å²) in [5, 5.41) is 8.68. The summed E-state index contributed by atoms with van der Waals surface area (Å²) in [6.45, 7) is 5.58. The number of rotatable bonds is 8. The van der Waals surface area contributed by atoms with Crippen LogP contribution in [0, 0.1) is 5.92 Å². The third-order valence-corrected chi connectivity index (χ3v) is 7.64. The van der Waals surface area contributed by atoms with Gasteiger partial charge in [-0.3, -0.25) is 9.59 Å². The lowest BCUT2D eigenvalue weighted by Crippen LogP contribution is -2.44. The topological polar surface area (TPSA) is 102 Å². The summed E-state index contributed by atoms with van der Waals surface area (Å²) in [5.74, 6) is -1.11. The summed E-state index contributed by atoms with van der Waals surface area (Å²) in [6.07, 6.45) is -0.216. The van der Waals surface area contributed by atoms with Gasteiger partial charge in [-0.15, -0.1) is 0 Å². The summed E-state index contributed by atoms with van der Waals surface area (Å²) in [7, 11) is 3.89. The van der Waals surface area contributed by atoms with E-state index in [9.17, 15) is 22.8 Å². The van der Waals surface area contributed by atoms with Crippen LogP contribution in [-0.4, -0.2) is 76.9 Å². The van der Waals surface area contributed by atoms with Gasteiger partial charge in [0.1, 0.15) is 11.4 Å². The molecule has 1 aliphatic heterocycles. The summed E-state index contributed by atoms with van der Waals surface area (Å²) in [4.78, 5) is 37.7. The van der Waals surface area contributed by atoms with E-state index in [1.807, 2.05) is 20.9 Å². The number of alkyl halides is 3. The second-order valence-corrected chi connectivity index (χ2v) is 11.1. The summed E-state index contributed by atoms with van der Waals surface area (Å²) in [5.41, 5.74) is 0.0553. The average Bonchev–Trinajstić information content (AvgIpc) is 3.36. The Morgan fingerprint density at radius 2 is 1.75 bits per heavy atom. The molecule has 2 amide bonds. The highest BCUT2D eigenvalue weighted by molar-refractivity contribution is 5.94. The van der Waals surface area contributed by atoms with Crippen molar-refractivity contribution < 1.29 is 22.8 Å². The molecule has 9 nitrogen and oxygen atoms in total. The van der Waals surface area contributed by atoms with E-state index >= 15 is 0 Å². The molecule has 12 heteroatoms. The molecule has 4 rings (SSSR count). The number of aromatic nitrogens is 2. The van der Waals surface area contributed by atoms with E-state index in [0.29, 0.717) is 24.1 Å². The number of hydrogen-bond acceptors (Lipinski definition) is 7. The van der Waals surface area contributed by atoms with Gasteiger partial charge in [0, 0.05) is 42.6 Å². The zero-order chi connectivity index (χ0) is 29.0. The molecule has 218 valence electrons. The number of piperidine rings is 1. The number of likely N-dealkylation sites (tertiary alicyclic amines) is 1. The smallest absolute Gasteiger partial charge is 0.366 e. The van der Waals surface area contributed by atoms with Crippen LogP contribution in [-0.2, 0) is 11.0 Å². The molecule has 1 aromatic carbocycles. The highest BCUT2D eigenvalue weighted by Gasteiger charge is 2.39. The van der Waals surface area contributed by atoms with E-state index in [-0.39, 0.29) is 35.7 Å². The third-order valence-electron chi connectivity index (χ3n) is 7.64. The van der Waals surface area contributed by atoms with E-state index in [2.05, 4.69) is 37.9 Å². The van der Waals surface area contributed by atoms with Crippen LogP contribution in [0.2, 0.25) is 0 Å². The first-order valence-electron chi connectivity index (χ1n) is 13.8. The van der Waals surface area contributed by atoms with Crippen LogP contribution in [0.25, 0.3) is 0 Å². The Morgan fingerprint density at radius 1 is 1.07 bits per heavy atom. The quantitative estimate of drug-likeness (QED) is 0.436. The van der Waals surface area contributed by atoms with Crippen LogP contribution in [0.5, 0.6) is 0 Å². The molecule has 0 spiro atoms. The van der Waals surface area contributed by atoms with Crippen molar-refractivity contribution in [3.63, 3.8) is 0 Å². The first-order chi connectivity index (χ1) is 18.9. The zero-order valence-corrected chi connectivity index (χ0v) is 23.4. The van der Waals surface area contributed by atoms with Crippen molar-refractivity contribution in [2.45, 2.75) is 70.3 Å². The van der Waals surface area contributed by atoms with Gasteiger partial charge in [0.15, 0.2) is 0 Å². The van der Waals surface area contributed by atoms with Gasteiger partial charge in [-0.05, 0) is 83.9 Å². The highest BCUT2D eigenvalue weighted by atomic mass is 19.4. The minimum Gasteiger partial charge on any atom is -0.366 e. The number of carbonyl (C=O) groups is 2.